The molecule has 0 spiro atoms. The Bertz CT molecular complexity index is 835. The molecule has 2 heterocycles. The fourth-order valence-electron chi connectivity index (χ4n) is 3.54. The van der Waals surface area contributed by atoms with Crippen LogP contribution in [0.5, 0.6) is 5.75 Å². The van der Waals surface area contributed by atoms with Gasteiger partial charge in [-0.2, -0.15) is 0 Å². The first-order chi connectivity index (χ1) is 12.6. The van der Waals surface area contributed by atoms with Crippen molar-refractivity contribution >= 4 is 21.8 Å². The Balaban J connectivity index is 1.36. The molecule has 0 aromatic heterocycles. The van der Waals surface area contributed by atoms with Gasteiger partial charge in [0.05, 0.1) is 12.2 Å². The number of carbonyl (C=O) groups is 1. The molecule has 136 valence electrons. The Morgan fingerprint density at radius 3 is 2.69 bits per heavy atom. The monoisotopic (exact) mass is 418 g/mol. The van der Waals surface area contributed by atoms with Gasteiger partial charge in [-0.3, -0.25) is 9.69 Å². The van der Waals surface area contributed by atoms with Crippen molar-refractivity contribution in [2.45, 2.75) is 13.0 Å². The number of hydrogen-bond acceptors (Lipinski definition) is 3. The van der Waals surface area contributed by atoms with E-state index in [-0.39, 0.29) is 11.5 Å². The van der Waals surface area contributed by atoms with Crippen LogP contribution in [0.25, 0.3) is 0 Å². The number of amides is 1. The van der Waals surface area contributed by atoms with E-state index in [9.17, 15) is 9.18 Å². The highest BCUT2D eigenvalue weighted by molar-refractivity contribution is 9.10. The number of piperazine rings is 1. The highest BCUT2D eigenvalue weighted by Gasteiger charge is 2.24. The first-order valence-electron chi connectivity index (χ1n) is 8.81. The van der Waals surface area contributed by atoms with Crippen molar-refractivity contribution in [3.05, 3.63) is 63.4 Å². The fourth-order valence-corrected chi connectivity index (χ4v) is 3.87. The molecule has 2 aromatic carbocycles. The summed E-state index contributed by atoms with van der Waals surface area (Å²) in [5.74, 6) is 0.289. The summed E-state index contributed by atoms with van der Waals surface area (Å²) in [6, 6.07) is 11.0. The number of hydrogen-bond donors (Lipinski definition) is 0. The molecular weight excluding hydrogens is 399 g/mol. The second-order valence-electron chi connectivity index (χ2n) is 6.73. The van der Waals surface area contributed by atoms with Gasteiger partial charge in [0.2, 0.25) is 0 Å². The van der Waals surface area contributed by atoms with Crippen molar-refractivity contribution in [3.63, 3.8) is 0 Å². The van der Waals surface area contributed by atoms with Gasteiger partial charge in [-0.25, -0.2) is 4.39 Å². The minimum atomic E-state index is -0.479. The van der Waals surface area contributed by atoms with Gasteiger partial charge in [-0.05, 0) is 35.4 Å². The lowest BCUT2D eigenvalue weighted by Gasteiger charge is -2.35. The first-order valence-corrected chi connectivity index (χ1v) is 9.61. The Morgan fingerprint density at radius 2 is 1.92 bits per heavy atom. The maximum Gasteiger partial charge on any atom is 0.256 e. The van der Waals surface area contributed by atoms with Crippen molar-refractivity contribution < 1.29 is 13.9 Å². The third-order valence-corrected chi connectivity index (χ3v) is 5.47. The normalized spacial score (nSPS) is 17.1. The van der Waals surface area contributed by atoms with Crippen LogP contribution in [-0.2, 0) is 13.0 Å². The molecule has 4 rings (SSSR count). The van der Waals surface area contributed by atoms with Gasteiger partial charge < -0.3 is 9.64 Å². The lowest BCUT2D eigenvalue weighted by atomic mass is 10.1. The molecule has 1 saturated heterocycles. The van der Waals surface area contributed by atoms with Gasteiger partial charge in [0.25, 0.3) is 5.91 Å². The third-order valence-electron chi connectivity index (χ3n) is 4.98. The number of halogens is 2. The molecular formula is C20H20BrFN2O2. The number of ether oxygens (including phenoxy) is 1. The zero-order valence-corrected chi connectivity index (χ0v) is 16.0. The summed E-state index contributed by atoms with van der Waals surface area (Å²) in [6.45, 7) is 4.44. The highest BCUT2D eigenvalue weighted by Crippen LogP contribution is 2.26. The van der Waals surface area contributed by atoms with Gasteiger partial charge in [0.15, 0.2) is 0 Å². The molecule has 0 aliphatic carbocycles. The van der Waals surface area contributed by atoms with Gasteiger partial charge in [-0.15, -0.1) is 0 Å². The van der Waals surface area contributed by atoms with E-state index in [4.69, 9.17) is 4.74 Å². The summed E-state index contributed by atoms with van der Waals surface area (Å²) in [5.41, 5.74) is 2.69. The number of benzene rings is 2. The van der Waals surface area contributed by atoms with Crippen LogP contribution in [0.3, 0.4) is 0 Å². The van der Waals surface area contributed by atoms with Crippen molar-refractivity contribution in [1.29, 1.82) is 0 Å². The Kier molecular flexibility index (Phi) is 4.96. The average molecular weight is 419 g/mol. The van der Waals surface area contributed by atoms with Crippen LogP contribution >= 0.6 is 15.9 Å². The predicted molar refractivity (Wildman–Crippen MR) is 101 cm³/mol. The fraction of sp³-hybridized carbons (Fsp3) is 0.350. The van der Waals surface area contributed by atoms with Gasteiger partial charge in [0, 0.05) is 43.6 Å². The number of fused-ring (bicyclic) bond motifs is 1. The van der Waals surface area contributed by atoms with E-state index >= 15 is 0 Å². The Labute approximate surface area is 160 Å². The summed E-state index contributed by atoms with van der Waals surface area (Å²) >= 11 is 3.22. The van der Waals surface area contributed by atoms with Crippen LogP contribution in [0, 0.1) is 5.82 Å². The first kappa shape index (κ1) is 17.5. The van der Waals surface area contributed by atoms with Crippen molar-refractivity contribution in [2.24, 2.45) is 0 Å². The third kappa shape index (κ3) is 3.62. The van der Waals surface area contributed by atoms with Crippen LogP contribution in [0.15, 0.2) is 40.9 Å². The van der Waals surface area contributed by atoms with E-state index in [1.165, 1.54) is 17.2 Å². The number of carbonyl (C=O) groups excluding carboxylic acids is 1. The van der Waals surface area contributed by atoms with E-state index in [0.717, 1.165) is 38.4 Å². The molecule has 2 aliphatic rings. The van der Waals surface area contributed by atoms with Crippen molar-refractivity contribution in [2.75, 3.05) is 32.8 Å². The minimum Gasteiger partial charge on any atom is -0.493 e. The molecule has 6 heteroatoms. The molecule has 2 aromatic rings. The smallest absolute Gasteiger partial charge is 0.256 e. The van der Waals surface area contributed by atoms with Crippen LogP contribution in [0.2, 0.25) is 0 Å². The van der Waals surface area contributed by atoms with E-state index < -0.39 is 5.82 Å². The van der Waals surface area contributed by atoms with Crippen LogP contribution < -0.4 is 4.74 Å². The van der Waals surface area contributed by atoms with Gasteiger partial charge >= 0.3 is 0 Å². The van der Waals surface area contributed by atoms with Crippen LogP contribution in [0.4, 0.5) is 4.39 Å². The molecule has 0 atom stereocenters. The largest absolute Gasteiger partial charge is 0.493 e. The second-order valence-corrected chi connectivity index (χ2v) is 7.65. The molecule has 0 bridgehead atoms. The minimum absolute atomic E-state index is 0.139. The standard InChI is InChI=1S/C20H20BrFN2O2/c21-16-2-3-17(18(22)12-16)20(25)24-8-6-23(7-9-24)13-14-1-4-19-15(11-14)5-10-26-19/h1-4,11-12H,5-10,13H2. The average Bonchev–Trinajstić information content (AvgIpc) is 3.10. The maximum absolute atomic E-state index is 14.0. The molecule has 4 nitrogen and oxygen atoms in total. The molecule has 1 amide bonds. The molecule has 0 saturated carbocycles. The van der Waals surface area contributed by atoms with Crippen molar-refractivity contribution in [1.82, 2.24) is 9.80 Å². The van der Waals surface area contributed by atoms with Gasteiger partial charge in [0.1, 0.15) is 11.6 Å². The summed E-state index contributed by atoms with van der Waals surface area (Å²) < 4.78 is 20.2. The van der Waals surface area contributed by atoms with Crippen molar-refractivity contribution in [3.8, 4) is 5.75 Å². The summed E-state index contributed by atoms with van der Waals surface area (Å²) in [7, 11) is 0. The highest BCUT2D eigenvalue weighted by atomic mass is 79.9. The zero-order valence-electron chi connectivity index (χ0n) is 14.4. The number of rotatable bonds is 3. The zero-order chi connectivity index (χ0) is 18.1. The van der Waals surface area contributed by atoms with Gasteiger partial charge in [-0.1, -0.05) is 28.1 Å². The SMILES string of the molecule is O=C(c1ccc(Br)cc1F)N1CCN(Cc2ccc3c(c2)CCO3)CC1. The lowest BCUT2D eigenvalue weighted by molar-refractivity contribution is 0.0624. The summed E-state index contributed by atoms with van der Waals surface area (Å²) in [6.07, 6.45) is 0.976. The quantitative estimate of drug-likeness (QED) is 0.764. The molecule has 1 fully saturated rings. The van der Waals surface area contributed by atoms with E-state index in [1.54, 1.807) is 17.0 Å². The van der Waals surface area contributed by atoms with Crippen LogP contribution in [-0.4, -0.2) is 48.5 Å². The predicted octanol–water partition coefficient (Wildman–Crippen LogP) is 3.48. The van der Waals surface area contributed by atoms with E-state index in [2.05, 4.69) is 33.0 Å². The Morgan fingerprint density at radius 1 is 1.12 bits per heavy atom. The summed E-state index contributed by atoms with van der Waals surface area (Å²) in [4.78, 5) is 16.6. The molecule has 2 aliphatic heterocycles. The molecule has 0 unspecified atom stereocenters. The molecule has 0 N–H and O–H groups in total. The van der Waals surface area contributed by atoms with E-state index in [1.807, 2.05) is 6.07 Å². The van der Waals surface area contributed by atoms with E-state index in [0.29, 0.717) is 17.6 Å². The lowest BCUT2D eigenvalue weighted by Crippen LogP contribution is -2.48. The maximum atomic E-state index is 14.0. The summed E-state index contributed by atoms with van der Waals surface area (Å²) in [5, 5.41) is 0. The topological polar surface area (TPSA) is 32.8 Å². The Hall–Kier alpha value is -1.92. The molecule has 26 heavy (non-hydrogen) atoms. The number of nitrogens with zero attached hydrogens (tertiary/aromatic N) is 2. The van der Waals surface area contributed by atoms with Crippen LogP contribution in [0.1, 0.15) is 21.5 Å². The second kappa shape index (κ2) is 7.37. The molecule has 0 radical (unpaired) electrons.